The highest BCUT2D eigenvalue weighted by Gasteiger charge is 2.38. The highest BCUT2D eigenvalue weighted by molar-refractivity contribution is 7.90. The number of alkyl halides is 1. The Morgan fingerprint density at radius 2 is 2.00 bits per heavy atom. The summed E-state index contributed by atoms with van der Waals surface area (Å²) in [5.74, 6) is 0. The molecule has 1 aliphatic rings. The van der Waals surface area contributed by atoms with Crippen molar-refractivity contribution in [3.8, 4) is 0 Å². The molecule has 0 bridgehead atoms. The molecule has 0 heterocycles. The van der Waals surface area contributed by atoms with Gasteiger partial charge in [0.25, 0.3) is 0 Å². The number of nitrogens with zero attached hydrogens (tertiary/aromatic N) is 1. The van der Waals surface area contributed by atoms with Crippen LogP contribution in [-0.4, -0.2) is 30.0 Å². The summed E-state index contributed by atoms with van der Waals surface area (Å²) in [5.41, 5.74) is 0. The lowest BCUT2D eigenvalue weighted by Gasteiger charge is -2.24. The van der Waals surface area contributed by atoms with Gasteiger partial charge in [-0.15, -0.1) is 11.6 Å². The van der Waals surface area contributed by atoms with Crippen LogP contribution in [0.3, 0.4) is 0 Å². The topological polar surface area (TPSA) is 37.4 Å². The normalized spacial score (nSPS) is 19.1. The molecular formula is C7H14ClNO2S. The van der Waals surface area contributed by atoms with Gasteiger partial charge in [-0.2, -0.15) is 4.31 Å². The summed E-state index contributed by atoms with van der Waals surface area (Å²) in [4.78, 5) is 0. The zero-order valence-electron chi connectivity index (χ0n) is 7.33. The van der Waals surface area contributed by atoms with Crippen LogP contribution in [0.2, 0.25) is 0 Å². The minimum Gasteiger partial charge on any atom is -0.211 e. The average molecular weight is 212 g/mol. The zero-order chi connectivity index (χ0) is 9.35. The van der Waals surface area contributed by atoms with E-state index in [1.165, 1.54) is 4.31 Å². The molecule has 0 saturated heterocycles. The fourth-order valence-corrected chi connectivity index (χ4v) is 3.11. The Morgan fingerprint density at radius 3 is 2.25 bits per heavy atom. The van der Waals surface area contributed by atoms with Crippen molar-refractivity contribution < 1.29 is 8.42 Å². The van der Waals surface area contributed by atoms with Gasteiger partial charge in [0.15, 0.2) is 0 Å². The summed E-state index contributed by atoms with van der Waals surface area (Å²) in [5, 5.41) is -0.304. The van der Waals surface area contributed by atoms with Crippen LogP contribution in [0.1, 0.15) is 26.7 Å². The first kappa shape index (κ1) is 10.3. The Morgan fingerprint density at radius 1 is 1.50 bits per heavy atom. The maximum atomic E-state index is 11.4. The van der Waals surface area contributed by atoms with Crippen molar-refractivity contribution in [2.45, 2.75) is 38.8 Å². The van der Waals surface area contributed by atoms with E-state index in [4.69, 9.17) is 11.6 Å². The fourth-order valence-electron chi connectivity index (χ4n) is 1.36. The highest BCUT2D eigenvalue weighted by Crippen LogP contribution is 2.31. The Hall–Kier alpha value is 0.200. The van der Waals surface area contributed by atoms with E-state index < -0.39 is 10.0 Å². The van der Waals surface area contributed by atoms with E-state index >= 15 is 0 Å². The molecule has 1 saturated carbocycles. The van der Waals surface area contributed by atoms with Gasteiger partial charge in [-0.25, -0.2) is 8.42 Å². The Labute approximate surface area is 78.7 Å². The maximum Gasteiger partial charge on any atom is 0.228 e. The van der Waals surface area contributed by atoms with Gasteiger partial charge in [-0.05, 0) is 26.7 Å². The monoisotopic (exact) mass is 211 g/mol. The molecule has 1 fully saturated rings. The molecule has 0 amide bonds. The summed E-state index contributed by atoms with van der Waals surface area (Å²) in [6, 6.07) is 0.245. The maximum absolute atomic E-state index is 11.4. The lowest BCUT2D eigenvalue weighted by molar-refractivity contribution is 0.348. The molecule has 0 N–H and O–H groups in total. The van der Waals surface area contributed by atoms with Crippen LogP contribution in [0, 0.1) is 0 Å². The number of sulfonamides is 1. The van der Waals surface area contributed by atoms with Crippen LogP contribution in [0.15, 0.2) is 0 Å². The molecule has 0 radical (unpaired) electrons. The zero-order valence-corrected chi connectivity index (χ0v) is 8.90. The molecule has 0 aromatic carbocycles. The van der Waals surface area contributed by atoms with Gasteiger partial charge in [-0.3, -0.25) is 0 Å². The van der Waals surface area contributed by atoms with Crippen LogP contribution < -0.4 is 0 Å². The molecule has 3 nitrogen and oxygen atoms in total. The molecule has 1 rings (SSSR count). The predicted octanol–water partition coefficient (Wildman–Crippen LogP) is 1.39. The first-order valence-electron chi connectivity index (χ1n) is 4.06. The SMILES string of the molecule is CC(C)N(C1CC1)S(=O)(=O)CCl. The number of rotatable bonds is 4. The van der Waals surface area contributed by atoms with E-state index in [1.807, 2.05) is 13.8 Å². The quantitative estimate of drug-likeness (QED) is 0.659. The van der Waals surface area contributed by atoms with Crippen molar-refractivity contribution in [2.24, 2.45) is 0 Å². The average Bonchev–Trinajstić information content (AvgIpc) is 2.70. The van der Waals surface area contributed by atoms with Gasteiger partial charge in [0.05, 0.1) is 0 Å². The van der Waals surface area contributed by atoms with E-state index in [1.54, 1.807) is 0 Å². The second-order valence-electron chi connectivity index (χ2n) is 3.38. The Balaban J connectivity index is 2.78. The van der Waals surface area contributed by atoms with Crippen molar-refractivity contribution >= 4 is 21.6 Å². The van der Waals surface area contributed by atoms with Gasteiger partial charge in [0.1, 0.15) is 5.21 Å². The summed E-state index contributed by atoms with van der Waals surface area (Å²) < 4.78 is 24.4. The first-order valence-corrected chi connectivity index (χ1v) is 6.20. The Bertz CT molecular complexity index is 244. The van der Waals surface area contributed by atoms with Crippen LogP contribution in [-0.2, 0) is 10.0 Å². The lowest BCUT2D eigenvalue weighted by atomic mass is 10.4. The van der Waals surface area contributed by atoms with Crippen LogP contribution in [0.4, 0.5) is 0 Å². The van der Waals surface area contributed by atoms with Gasteiger partial charge < -0.3 is 0 Å². The number of hydrogen-bond donors (Lipinski definition) is 0. The molecule has 0 spiro atoms. The summed E-state index contributed by atoms with van der Waals surface area (Å²) in [6.07, 6.45) is 1.96. The smallest absolute Gasteiger partial charge is 0.211 e. The fraction of sp³-hybridized carbons (Fsp3) is 1.00. The second-order valence-corrected chi connectivity index (χ2v) is 5.83. The first-order chi connectivity index (χ1) is 5.49. The summed E-state index contributed by atoms with van der Waals surface area (Å²) in [7, 11) is -3.20. The van der Waals surface area contributed by atoms with E-state index in [-0.39, 0.29) is 17.3 Å². The van der Waals surface area contributed by atoms with Crippen LogP contribution in [0.5, 0.6) is 0 Å². The minimum absolute atomic E-state index is 0.0289. The summed E-state index contributed by atoms with van der Waals surface area (Å²) in [6.45, 7) is 3.75. The third-order valence-electron chi connectivity index (χ3n) is 1.87. The second kappa shape index (κ2) is 3.52. The van der Waals surface area contributed by atoms with E-state index in [9.17, 15) is 8.42 Å². The third-order valence-corrected chi connectivity index (χ3v) is 4.34. The van der Waals surface area contributed by atoms with Crippen LogP contribution >= 0.6 is 11.6 Å². The largest absolute Gasteiger partial charge is 0.228 e. The van der Waals surface area contributed by atoms with Gasteiger partial charge >= 0.3 is 0 Å². The van der Waals surface area contributed by atoms with Crippen molar-refractivity contribution in [3.05, 3.63) is 0 Å². The van der Waals surface area contributed by atoms with Crippen molar-refractivity contribution in [1.82, 2.24) is 4.31 Å². The van der Waals surface area contributed by atoms with E-state index in [0.717, 1.165) is 12.8 Å². The molecule has 72 valence electrons. The highest BCUT2D eigenvalue weighted by atomic mass is 35.5. The molecule has 5 heteroatoms. The van der Waals surface area contributed by atoms with Crippen molar-refractivity contribution in [3.63, 3.8) is 0 Å². The third kappa shape index (κ3) is 2.12. The van der Waals surface area contributed by atoms with Crippen LogP contribution in [0.25, 0.3) is 0 Å². The molecule has 1 aliphatic carbocycles. The minimum atomic E-state index is -3.20. The van der Waals surface area contributed by atoms with E-state index in [2.05, 4.69) is 0 Å². The molecule has 12 heavy (non-hydrogen) atoms. The summed E-state index contributed by atoms with van der Waals surface area (Å²) >= 11 is 5.37. The predicted molar refractivity (Wildman–Crippen MR) is 49.6 cm³/mol. The molecule has 0 aromatic heterocycles. The molecular weight excluding hydrogens is 198 g/mol. The standard InChI is InChI=1S/C7H14ClNO2S/c1-6(2)9(7-3-4-7)12(10,11)5-8/h6-7H,3-5H2,1-2H3. The van der Waals surface area contributed by atoms with Gasteiger partial charge in [0, 0.05) is 12.1 Å². The number of halogens is 1. The van der Waals surface area contributed by atoms with Crippen molar-refractivity contribution in [1.29, 1.82) is 0 Å². The molecule has 0 atom stereocenters. The van der Waals surface area contributed by atoms with Crippen molar-refractivity contribution in [2.75, 3.05) is 5.21 Å². The van der Waals surface area contributed by atoms with Gasteiger partial charge in [0.2, 0.25) is 10.0 Å². The van der Waals surface area contributed by atoms with Gasteiger partial charge in [-0.1, -0.05) is 0 Å². The number of hydrogen-bond acceptors (Lipinski definition) is 2. The molecule has 0 aromatic rings. The molecule has 0 unspecified atom stereocenters. The van der Waals surface area contributed by atoms with E-state index in [0.29, 0.717) is 0 Å². The Kier molecular flexibility index (Phi) is 3.01. The molecule has 0 aliphatic heterocycles. The lowest BCUT2D eigenvalue weighted by Crippen LogP contribution is -2.39.